The van der Waals surface area contributed by atoms with Crippen LogP contribution < -0.4 is 21.9 Å². The highest BCUT2D eigenvalue weighted by atomic mass is 16.5. The molecule has 9 nitrogen and oxygen atoms in total. The van der Waals surface area contributed by atoms with Crippen molar-refractivity contribution in [3.8, 4) is 0 Å². The van der Waals surface area contributed by atoms with Gasteiger partial charge in [-0.1, -0.05) is 42.5 Å². The van der Waals surface area contributed by atoms with Crippen LogP contribution in [0.2, 0.25) is 0 Å². The highest BCUT2D eigenvalue weighted by molar-refractivity contribution is 5.94. The summed E-state index contributed by atoms with van der Waals surface area (Å²) in [6.45, 7) is 1.22. The number of carbonyl (C=O) groups excluding carboxylic acids is 1. The number of benzene rings is 2. The number of anilines is 2. The minimum absolute atomic E-state index is 0.0734. The van der Waals surface area contributed by atoms with Crippen molar-refractivity contribution < 1.29 is 9.53 Å². The Kier molecular flexibility index (Phi) is 7.68. The van der Waals surface area contributed by atoms with Gasteiger partial charge in [-0.05, 0) is 23.3 Å². The molecule has 1 aromatic heterocycles. The van der Waals surface area contributed by atoms with Crippen molar-refractivity contribution in [3.63, 3.8) is 0 Å². The number of nitrogen functional groups attached to an aromatic ring is 1. The fraction of sp³-hybridized carbons (Fsp3) is 0.292. The van der Waals surface area contributed by atoms with Crippen molar-refractivity contribution in [2.75, 3.05) is 45.0 Å². The van der Waals surface area contributed by atoms with Crippen LogP contribution in [0.5, 0.6) is 0 Å². The Labute approximate surface area is 192 Å². The number of methoxy groups -OCH3 is 1. The van der Waals surface area contributed by atoms with Crippen molar-refractivity contribution in [2.45, 2.75) is 13.1 Å². The topological polar surface area (TPSA) is 114 Å². The van der Waals surface area contributed by atoms with Crippen LogP contribution >= 0.6 is 0 Å². The Bertz CT molecular complexity index is 1220. The van der Waals surface area contributed by atoms with Gasteiger partial charge in [0.1, 0.15) is 11.5 Å². The second-order valence-corrected chi connectivity index (χ2v) is 7.88. The van der Waals surface area contributed by atoms with Crippen LogP contribution in [-0.4, -0.2) is 54.7 Å². The predicted octanol–water partition coefficient (Wildman–Crippen LogP) is 1.52. The van der Waals surface area contributed by atoms with E-state index in [4.69, 9.17) is 10.5 Å². The molecule has 33 heavy (non-hydrogen) atoms. The fourth-order valence-corrected chi connectivity index (χ4v) is 3.56. The third kappa shape index (κ3) is 5.69. The first kappa shape index (κ1) is 23.8. The molecule has 3 N–H and O–H groups in total. The van der Waals surface area contributed by atoms with Crippen LogP contribution in [-0.2, 0) is 17.8 Å². The van der Waals surface area contributed by atoms with Crippen LogP contribution in [0.1, 0.15) is 21.5 Å². The molecule has 0 atom stereocenters. The molecule has 0 aliphatic rings. The molecule has 0 unspecified atom stereocenters. The summed E-state index contributed by atoms with van der Waals surface area (Å²) in [5.41, 5.74) is 7.66. The van der Waals surface area contributed by atoms with E-state index in [1.54, 1.807) is 44.3 Å². The number of hydrogen-bond acceptors (Lipinski definition) is 6. The highest BCUT2D eigenvalue weighted by Crippen LogP contribution is 2.21. The number of amides is 1. The number of rotatable bonds is 9. The molecule has 9 heteroatoms. The molecule has 0 radical (unpaired) electrons. The summed E-state index contributed by atoms with van der Waals surface area (Å²) in [6, 6.07) is 16.6. The van der Waals surface area contributed by atoms with Gasteiger partial charge in [0.2, 0.25) is 0 Å². The third-order valence-corrected chi connectivity index (χ3v) is 5.23. The van der Waals surface area contributed by atoms with E-state index in [0.717, 1.165) is 11.1 Å². The summed E-state index contributed by atoms with van der Waals surface area (Å²) in [5.74, 6) is -0.0432. The van der Waals surface area contributed by atoms with Gasteiger partial charge >= 0.3 is 5.69 Å². The zero-order valence-electron chi connectivity index (χ0n) is 19.1. The molecule has 1 amide bonds. The van der Waals surface area contributed by atoms with Gasteiger partial charge in [-0.15, -0.1) is 0 Å². The molecular formula is C24H29N5O4. The molecule has 0 saturated carbocycles. The molecule has 3 rings (SSSR count). The highest BCUT2D eigenvalue weighted by Gasteiger charge is 2.20. The van der Waals surface area contributed by atoms with E-state index in [0.29, 0.717) is 25.3 Å². The number of H-pyrrole nitrogens is 1. The zero-order valence-corrected chi connectivity index (χ0v) is 19.1. The minimum Gasteiger partial charge on any atom is -0.383 e. The van der Waals surface area contributed by atoms with E-state index in [2.05, 4.69) is 4.98 Å². The van der Waals surface area contributed by atoms with E-state index in [1.807, 2.05) is 36.4 Å². The van der Waals surface area contributed by atoms with Gasteiger partial charge in [0, 0.05) is 39.9 Å². The summed E-state index contributed by atoms with van der Waals surface area (Å²) in [6.07, 6.45) is 0. The molecule has 0 aliphatic carbocycles. The lowest BCUT2D eigenvalue weighted by molar-refractivity contribution is 0.0827. The van der Waals surface area contributed by atoms with Crippen molar-refractivity contribution >= 4 is 17.4 Å². The van der Waals surface area contributed by atoms with Crippen LogP contribution in [0.3, 0.4) is 0 Å². The minimum atomic E-state index is -0.574. The first-order valence-corrected chi connectivity index (χ1v) is 10.5. The van der Waals surface area contributed by atoms with Crippen molar-refractivity contribution in [1.29, 1.82) is 0 Å². The first-order valence-electron chi connectivity index (χ1n) is 10.5. The first-order chi connectivity index (χ1) is 15.8. The summed E-state index contributed by atoms with van der Waals surface area (Å²) in [7, 11) is 4.95. The Morgan fingerprint density at radius 2 is 1.76 bits per heavy atom. The maximum Gasteiger partial charge on any atom is 0.330 e. The van der Waals surface area contributed by atoms with Crippen LogP contribution in [0, 0.1) is 0 Å². The maximum atomic E-state index is 12.8. The maximum absolute atomic E-state index is 12.8. The molecular weight excluding hydrogens is 422 g/mol. The molecule has 3 aromatic rings. The molecule has 0 aliphatic heterocycles. The number of nitrogens with zero attached hydrogens (tertiary/aromatic N) is 3. The molecule has 0 bridgehead atoms. The average molecular weight is 452 g/mol. The third-order valence-electron chi connectivity index (χ3n) is 5.23. The van der Waals surface area contributed by atoms with Gasteiger partial charge in [0.15, 0.2) is 0 Å². The van der Waals surface area contributed by atoms with E-state index >= 15 is 0 Å². The summed E-state index contributed by atoms with van der Waals surface area (Å²) >= 11 is 0. The molecule has 0 spiro atoms. The van der Waals surface area contributed by atoms with Gasteiger partial charge < -0.3 is 20.3 Å². The quantitative estimate of drug-likeness (QED) is 0.510. The largest absolute Gasteiger partial charge is 0.383 e. The lowest BCUT2D eigenvalue weighted by Gasteiger charge is -2.26. The standard InChI is InChI=1S/C24H29N5O4/c1-27(2)23(31)19-11-7-10-18(14-19)15-28(12-13-33-3)20-21(25)29(24(32)26-22(20)30)16-17-8-5-4-6-9-17/h4-11,14H,12-13,15-16,25H2,1-3H3,(H,26,30,32). The molecule has 174 valence electrons. The number of aromatic amines is 1. The van der Waals surface area contributed by atoms with Crippen molar-refractivity contribution in [2.24, 2.45) is 0 Å². The SMILES string of the molecule is COCCN(Cc1cccc(C(=O)N(C)C)c1)c1c(N)n(Cc2ccccc2)c(=O)[nH]c1=O. The predicted molar refractivity (Wildman–Crippen MR) is 129 cm³/mol. The summed E-state index contributed by atoms with van der Waals surface area (Å²) < 4.78 is 6.58. The molecule has 2 aromatic carbocycles. The smallest absolute Gasteiger partial charge is 0.330 e. The van der Waals surface area contributed by atoms with Crippen molar-refractivity contribution in [1.82, 2.24) is 14.5 Å². The lowest BCUT2D eigenvalue weighted by atomic mass is 10.1. The van der Waals surface area contributed by atoms with E-state index in [1.165, 1.54) is 9.47 Å². The fourth-order valence-electron chi connectivity index (χ4n) is 3.56. The van der Waals surface area contributed by atoms with Crippen LogP contribution in [0.25, 0.3) is 0 Å². The number of hydrogen-bond donors (Lipinski definition) is 2. The van der Waals surface area contributed by atoms with Crippen molar-refractivity contribution in [3.05, 3.63) is 92.1 Å². The zero-order chi connectivity index (χ0) is 24.0. The van der Waals surface area contributed by atoms with Gasteiger partial charge in [-0.2, -0.15) is 0 Å². The van der Waals surface area contributed by atoms with Crippen LogP contribution in [0.4, 0.5) is 11.5 Å². The van der Waals surface area contributed by atoms with Gasteiger partial charge in [-0.3, -0.25) is 19.1 Å². The Balaban J connectivity index is 2.01. The summed E-state index contributed by atoms with van der Waals surface area (Å²) in [5, 5.41) is 0. The van der Waals surface area contributed by atoms with E-state index in [-0.39, 0.29) is 24.0 Å². The van der Waals surface area contributed by atoms with Crippen LogP contribution in [0.15, 0.2) is 64.2 Å². The lowest BCUT2D eigenvalue weighted by Crippen LogP contribution is -2.39. The number of nitrogens with two attached hydrogens (primary N) is 1. The Morgan fingerprint density at radius 3 is 2.42 bits per heavy atom. The average Bonchev–Trinajstić information content (AvgIpc) is 2.80. The van der Waals surface area contributed by atoms with E-state index < -0.39 is 11.2 Å². The normalized spacial score (nSPS) is 10.8. The second kappa shape index (κ2) is 10.6. The summed E-state index contributed by atoms with van der Waals surface area (Å²) in [4.78, 5) is 43.4. The molecule has 1 heterocycles. The van der Waals surface area contributed by atoms with Gasteiger partial charge in [0.25, 0.3) is 11.5 Å². The van der Waals surface area contributed by atoms with Gasteiger partial charge in [-0.25, -0.2) is 4.79 Å². The van der Waals surface area contributed by atoms with E-state index in [9.17, 15) is 14.4 Å². The number of aromatic nitrogens is 2. The van der Waals surface area contributed by atoms with Gasteiger partial charge in [0.05, 0.1) is 13.2 Å². The second-order valence-electron chi connectivity index (χ2n) is 7.88. The Hall–Kier alpha value is -3.85. The molecule has 0 saturated heterocycles. The number of carbonyl (C=O) groups is 1. The Morgan fingerprint density at radius 1 is 1.06 bits per heavy atom. The number of nitrogens with one attached hydrogen (secondary N) is 1. The monoisotopic (exact) mass is 451 g/mol. The molecule has 0 fully saturated rings. The number of ether oxygens (including phenoxy) is 1.